The molecule has 0 unspecified atom stereocenters. The third-order valence-electron chi connectivity index (χ3n) is 3.75. The topological polar surface area (TPSA) is 74.2 Å². The van der Waals surface area contributed by atoms with E-state index in [1.807, 2.05) is 41.1 Å². The van der Waals surface area contributed by atoms with Gasteiger partial charge in [0, 0.05) is 21.9 Å². The number of methoxy groups -OCH3 is 1. The van der Waals surface area contributed by atoms with Crippen LogP contribution in [0.3, 0.4) is 0 Å². The van der Waals surface area contributed by atoms with Crippen molar-refractivity contribution in [1.29, 1.82) is 5.26 Å². The summed E-state index contributed by atoms with van der Waals surface area (Å²) in [4.78, 5) is 12.4. The fourth-order valence-electron chi connectivity index (χ4n) is 2.63. The number of rotatable bonds is 8. The van der Waals surface area contributed by atoms with Gasteiger partial charge in [0.25, 0.3) is 0 Å². The SMILES string of the molecule is COc1ccccc1-c1cscc1N[C@@H](CC(C)C)C(=O)NCC#N. The average molecular weight is 357 g/mol. The summed E-state index contributed by atoms with van der Waals surface area (Å²) in [5.41, 5.74) is 2.88. The molecule has 0 saturated carbocycles. The molecule has 6 heteroatoms. The largest absolute Gasteiger partial charge is 0.496 e. The number of carbonyl (C=O) groups excluding carboxylic acids is 1. The number of benzene rings is 1. The summed E-state index contributed by atoms with van der Waals surface area (Å²) in [6.07, 6.45) is 0.679. The maximum Gasteiger partial charge on any atom is 0.243 e. The number of para-hydroxylation sites is 1. The van der Waals surface area contributed by atoms with Crippen molar-refractivity contribution in [1.82, 2.24) is 5.32 Å². The van der Waals surface area contributed by atoms with Crippen molar-refractivity contribution in [3.8, 4) is 22.9 Å². The fraction of sp³-hybridized carbons (Fsp3) is 0.368. The minimum Gasteiger partial charge on any atom is -0.496 e. The number of hydrogen-bond acceptors (Lipinski definition) is 5. The van der Waals surface area contributed by atoms with Gasteiger partial charge in [-0.2, -0.15) is 5.26 Å². The standard InChI is InChI=1S/C19H23N3O2S/c1-13(2)10-16(19(23)21-9-8-20)22-17-12-25-11-15(17)14-6-4-5-7-18(14)24-3/h4-7,11-13,16,22H,9-10H2,1-3H3,(H,21,23)/t16-/m0/s1. The molecule has 2 aromatic rings. The highest BCUT2D eigenvalue weighted by Crippen LogP contribution is 2.37. The number of carbonyl (C=O) groups is 1. The van der Waals surface area contributed by atoms with Crippen molar-refractivity contribution in [2.75, 3.05) is 19.0 Å². The van der Waals surface area contributed by atoms with E-state index in [1.165, 1.54) is 0 Å². The Balaban J connectivity index is 2.27. The van der Waals surface area contributed by atoms with E-state index < -0.39 is 6.04 Å². The highest BCUT2D eigenvalue weighted by molar-refractivity contribution is 7.08. The molecule has 0 aliphatic rings. The van der Waals surface area contributed by atoms with Crippen LogP contribution in [0.4, 0.5) is 5.69 Å². The van der Waals surface area contributed by atoms with Crippen molar-refractivity contribution in [2.24, 2.45) is 5.92 Å². The molecular formula is C19H23N3O2S. The molecule has 0 aliphatic heterocycles. The van der Waals surface area contributed by atoms with Gasteiger partial charge in [-0.15, -0.1) is 11.3 Å². The van der Waals surface area contributed by atoms with E-state index in [0.717, 1.165) is 22.6 Å². The fourth-order valence-corrected chi connectivity index (χ4v) is 3.41. The van der Waals surface area contributed by atoms with Crippen molar-refractivity contribution >= 4 is 22.9 Å². The average Bonchev–Trinajstić information content (AvgIpc) is 3.06. The second-order valence-electron chi connectivity index (χ2n) is 6.10. The summed E-state index contributed by atoms with van der Waals surface area (Å²) in [5, 5.41) is 18.7. The van der Waals surface area contributed by atoms with E-state index in [4.69, 9.17) is 10.00 Å². The Morgan fingerprint density at radius 3 is 2.72 bits per heavy atom. The Morgan fingerprint density at radius 1 is 1.28 bits per heavy atom. The Morgan fingerprint density at radius 2 is 2.04 bits per heavy atom. The van der Waals surface area contributed by atoms with Gasteiger partial charge in [0.05, 0.1) is 18.9 Å². The molecule has 5 nitrogen and oxygen atoms in total. The molecule has 1 heterocycles. The molecule has 0 fully saturated rings. The lowest BCUT2D eigenvalue weighted by atomic mass is 10.0. The van der Waals surface area contributed by atoms with Crippen LogP contribution in [0.1, 0.15) is 20.3 Å². The summed E-state index contributed by atoms with van der Waals surface area (Å²) in [7, 11) is 1.65. The van der Waals surface area contributed by atoms with E-state index in [2.05, 4.69) is 24.5 Å². The normalized spacial score (nSPS) is 11.6. The van der Waals surface area contributed by atoms with E-state index >= 15 is 0 Å². The number of hydrogen-bond donors (Lipinski definition) is 2. The first-order valence-corrected chi connectivity index (χ1v) is 9.11. The predicted octanol–water partition coefficient (Wildman–Crippen LogP) is 3.89. The maximum absolute atomic E-state index is 12.4. The Hall–Kier alpha value is -2.52. The van der Waals surface area contributed by atoms with Gasteiger partial charge in [-0.3, -0.25) is 4.79 Å². The van der Waals surface area contributed by atoms with Crippen LogP contribution in [-0.4, -0.2) is 25.6 Å². The van der Waals surface area contributed by atoms with Crippen molar-refractivity contribution < 1.29 is 9.53 Å². The number of nitrogens with one attached hydrogen (secondary N) is 2. The van der Waals surface area contributed by atoms with Gasteiger partial charge in [-0.1, -0.05) is 32.0 Å². The van der Waals surface area contributed by atoms with Gasteiger partial charge in [0.2, 0.25) is 5.91 Å². The molecular weight excluding hydrogens is 334 g/mol. The smallest absolute Gasteiger partial charge is 0.243 e. The predicted molar refractivity (Wildman–Crippen MR) is 102 cm³/mol. The van der Waals surface area contributed by atoms with Crippen LogP contribution in [-0.2, 0) is 4.79 Å². The Bertz CT molecular complexity index is 749. The number of thiophene rings is 1. The number of nitrogens with zero attached hydrogens (tertiary/aromatic N) is 1. The van der Waals surface area contributed by atoms with Crippen molar-refractivity contribution in [3.05, 3.63) is 35.0 Å². The minimum absolute atomic E-state index is 0.0120. The second-order valence-corrected chi connectivity index (χ2v) is 6.85. The van der Waals surface area contributed by atoms with Crippen LogP contribution in [0.5, 0.6) is 5.75 Å². The number of ether oxygens (including phenoxy) is 1. The Labute approximate surface area is 152 Å². The molecule has 1 aromatic carbocycles. The van der Waals surface area contributed by atoms with E-state index in [1.54, 1.807) is 18.4 Å². The van der Waals surface area contributed by atoms with Crippen LogP contribution in [0.25, 0.3) is 11.1 Å². The Kier molecular flexibility index (Phi) is 6.84. The monoisotopic (exact) mass is 357 g/mol. The quantitative estimate of drug-likeness (QED) is 0.703. The second kappa shape index (κ2) is 9.09. The van der Waals surface area contributed by atoms with Gasteiger partial charge in [-0.25, -0.2) is 0 Å². The lowest BCUT2D eigenvalue weighted by Crippen LogP contribution is -2.40. The number of anilines is 1. The summed E-state index contributed by atoms with van der Waals surface area (Å²) >= 11 is 1.57. The zero-order valence-electron chi connectivity index (χ0n) is 14.7. The molecule has 25 heavy (non-hydrogen) atoms. The molecule has 0 bridgehead atoms. The van der Waals surface area contributed by atoms with Gasteiger partial charge < -0.3 is 15.4 Å². The van der Waals surface area contributed by atoms with Gasteiger partial charge in [0.15, 0.2) is 0 Å². The van der Waals surface area contributed by atoms with Crippen LogP contribution >= 0.6 is 11.3 Å². The van der Waals surface area contributed by atoms with Gasteiger partial charge in [-0.05, 0) is 18.4 Å². The van der Waals surface area contributed by atoms with Crippen LogP contribution < -0.4 is 15.4 Å². The van der Waals surface area contributed by atoms with Crippen LogP contribution in [0.15, 0.2) is 35.0 Å². The first-order valence-electron chi connectivity index (χ1n) is 8.17. The zero-order valence-corrected chi connectivity index (χ0v) is 15.5. The molecule has 0 aliphatic carbocycles. The first-order chi connectivity index (χ1) is 12.1. The lowest BCUT2D eigenvalue weighted by Gasteiger charge is -2.21. The molecule has 0 radical (unpaired) electrons. The number of nitriles is 1. The third kappa shape index (κ3) is 4.97. The van der Waals surface area contributed by atoms with E-state index in [0.29, 0.717) is 12.3 Å². The highest BCUT2D eigenvalue weighted by Gasteiger charge is 2.21. The van der Waals surface area contributed by atoms with Gasteiger partial charge in [0.1, 0.15) is 18.3 Å². The van der Waals surface area contributed by atoms with Crippen molar-refractivity contribution in [3.63, 3.8) is 0 Å². The van der Waals surface area contributed by atoms with E-state index in [9.17, 15) is 4.79 Å². The maximum atomic E-state index is 12.4. The van der Waals surface area contributed by atoms with Crippen LogP contribution in [0, 0.1) is 17.2 Å². The summed E-state index contributed by atoms with van der Waals surface area (Å²) < 4.78 is 5.46. The molecule has 1 atom stereocenters. The molecule has 1 aromatic heterocycles. The molecule has 0 spiro atoms. The zero-order chi connectivity index (χ0) is 18.2. The van der Waals surface area contributed by atoms with Crippen LogP contribution in [0.2, 0.25) is 0 Å². The van der Waals surface area contributed by atoms with Crippen molar-refractivity contribution in [2.45, 2.75) is 26.3 Å². The number of amides is 1. The van der Waals surface area contributed by atoms with Gasteiger partial charge >= 0.3 is 0 Å². The molecule has 2 rings (SSSR count). The summed E-state index contributed by atoms with van der Waals surface area (Å²) in [5.74, 6) is 0.976. The molecule has 0 saturated heterocycles. The van der Waals surface area contributed by atoms with E-state index in [-0.39, 0.29) is 12.5 Å². The molecule has 132 valence electrons. The lowest BCUT2D eigenvalue weighted by molar-refractivity contribution is -0.121. The molecule has 1 amide bonds. The molecule has 2 N–H and O–H groups in total. The minimum atomic E-state index is -0.392. The summed E-state index contributed by atoms with van der Waals surface area (Å²) in [6, 6.07) is 9.36. The first kappa shape index (κ1) is 18.8. The highest BCUT2D eigenvalue weighted by atomic mass is 32.1. The summed E-state index contributed by atoms with van der Waals surface area (Å²) in [6.45, 7) is 4.15. The third-order valence-corrected chi connectivity index (χ3v) is 4.50.